The van der Waals surface area contributed by atoms with Crippen molar-refractivity contribution in [1.29, 1.82) is 0 Å². The molecule has 124 valence electrons. The van der Waals surface area contributed by atoms with Crippen LogP contribution in [0.1, 0.15) is 25.3 Å². The first-order valence-corrected chi connectivity index (χ1v) is 7.20. The van der Waals surface area contributed by atoms with Crippen molar-refractivity contribution < 1.29 is 27.4 Å². The van der Waals surface area contributed by atoms with Gasteiger partial charge < -0.3 is 9.84 Å². The Hall–Kier alpha value is -2.08. The van der Waals surface area contributed by atoms with Crippen LogP contribution in [-0.2, 0) is 6.61 Å². The highest BCUT2D eigenvalue weighted by Gasteiger charge is 2.21. The molecule has 0 radical (unpaired) electrons. The predicted octanol–water partition coefficient (Wildman–Crippen LogP) is 4.58. The van der Waals surface area contributed by atoms with Gasteiger partial charge in [-0.2, -0.15) is 4.39 Å². The van der Waals surface area contributed by atoms with Gasteiger partial charge in [0.2, 0.25) is 5.82 Å². The molecule has 0 bridgehead atoms. The summed E-state index contributed by atoms with van der Waals surface area (Å²) in [6.07, 6.45) is 1.52. The molecule has 0 atom stereocenters. The van der Waals surface area contributed by atoms with Gasteiger partial charge in [-0.15, -0.1) is 0 Å². The molecule has 0 aliphatic heterocycles. The Morgan fingerprint density at radius 2 is 1.48 bits per heavy atom. The lowest BCUT2D eigenvalue weighted by molar-refractivity contribution is 0.273. The number of unbranched alkanes of at least 4 members (excludes halogenated alkanes) is 1. The maximum absolute atomic E-state index is 14.2. The smallest absolute Gasteiger partial charge is 0.201 e. The summed E-state index contributed by atoms with van der Waals surface area (Å²) in [6.45, 7) is 1.47. The predicted molar refractivity (Wildman–Crippen MR) is 78.0 cm³/mol. The molecule has 2 nitrogen and oxygen atoms in total. The molecule has 0 saturated carbocycles. The maximum Gasteiger partial charge on any atom is 0.201 e. The third-order valence-electron chi connectivity index (χ3n) is 3.43. The van der Waals surface area contributed by atoms with E-state index in [1.54, 1.807) is 0 Å². The zero-order valence-electron chi connectivity index (χ0n) is 12.5. The molecule has 0 aromatic heterocycles. The Bertz CT molecular complexity index is 701. The van der Waals surface area contributed by atoms with Gasteiger partial charge >= 0.3 is 0 Å². The van der Waals surface area contributed by atoms with Crippen molar-refractivity contribution in [1.82, 2.24) is 0 Å². The lowest BCUT2D eigenvalue weighted by Crippen LogP contribution is -2.03. The van der Waals surface area contributed by atoms with Crippen LogP contribution in [0.25, 0.3) is 11.1 Å². The number of hydrogen-bond donors (Lipinski definition) is 1. The Kier molecular flexibility index (Phi) is 5.60. The molecule has 0 aliphatic rings. The van der Waals surface area contributed by atoms with E-state index in [4.69, 9.17) is 9.84 Å². The summed E-state index contributed by atoms with van der Waals surface area (Å²) in [7, 11) is 0. The van der Waals surface area contributed by atoms with Gasteiger partial charge in [0.05, 0.1) is 13.2 Å². The molecule has 2 aromatic carbocycles. The number of ether oxygens (including phenoxy) is 1. The summed E-state index contributed by atoms with van der Waals surface area (Å²) >= 11 is 0. The van der Waals surface area contributed by atoms with Crippen LogP contribution in [0.5, 0.6) is 5.75 Å². The highest BCUT2D eigenvalue weighted by molar-refractivity contribution is 5.66. The Labute approximate surface area is 131 Å². The number of rotatable bonds is 6. The van der Waals surface area contributed by atoms with Gasteiger partial charge in [0.15, 0.2) is 23.2 Å². The van der Waals surface area contributed by atoms with E-state index in [1.165, 1.54) is 6.07 Å². The molecule has 0 heterocycles. The van der Waals surface area contributed by atoms with Gasteiger partial charge in [0.1, 0.15) is 0 Å². The molecule has 0 unspecified atom stereocenters. The van der Waals surface area contributed by atoms with E-state index in [2.05, 4.69) is 0 Å². The van der Waals surface area contributed by atoms with Gasteiger partial charge in [-0.1, -0.05) is 25.5 Å². The number of hydrogen-bond acceptors (Lipinski definition) is 2. The van der Waals surface area contributed by atoms with Crippen molar-refractivity contribution in [3.05, 3.63) is 53.1 Å². The summed E-state index contributed by atoms with van der Waals surface area (Å²) in [4.78, 5) is 0. The van der Waals surface area contributed by atoms with Crippen molar-refractivity contribution in [3.8, 4) is 16.9 Å². The zero-order valence-corrected chi connectivity index (χ0v) is 12.5. The van der Waals surface area contributed by atoms with Crippen LogP contribution in [0.3, 0.4) is 0 Å². The van der Waals surface area contributed by atoms with Crippen LogP contribution < -0.4 is 4.74 Å². The average molecular weight is 328 g/mol. The Balaban J connectivity index is 2.42. The standard InChI is InChI=1S/C17H16F4O2/c1-2-3-8-23-13-7-6-12(16(20)17(13)21)11-5-4-10(9-22)14(18)15(11)19/h4-7,22H,2-3,8-9H2,1H3. The number of aliphatic hydroxyl groups excluding tert-OH is 1. The number of benzene rings is 2. The zero-order chi connectivity index (χ0) is 17.0. The summed E-state index contributed by atoms with van der Waals surface area (Å²) in [5.41, 5.74) is -1.09. The topological polar surface area (TPSA) is 29.5 Å². The van der Waals surface area contributed by atoms with Gasteiger partial charge in [0, 0.05) is 16.7 Å². The lowest BCUT2D eigenvalue weighted by atomic mass is 10.0. The van der Waals surface area contributed by atoms with E-state index < -0.39 is 41.0 Å². The maximum atomic E-state index is 14.2. The first-order valence-electron chi connectivity index (χ1n) is 7.20. The third kappa shape index (κ3) is 3.47. The van der Waals surface area contributed by atoms with Gasteiger partial charge in [-0.3, -0.25) is 0 Å². The van der Waals surface area contributed by atoms with Crippen molar-refractivity contribution in [2.75, 3.05) is 6.61 Å². The van der Waals surface area contributed by atoms with Crippen LogP contribution in [0, 0.1) is 23.3 Å². The normalized spacial score (nSPS) is 10.9. The minimum Gasteiger partial charge on any atom is -0.490 e. The van der Waals surface area contributed by atoms with Crippen LogP contribution in [0.2, 0.25) is 0 Å². The monoisotopic (exact) mass is 328 g/mol. The molecule has 0 saturated heterocycles. The summed E-state index contributed by atoms with van der Waals surface area (Å²) in [6, 6.07) is 4.53. The summed E-state index contributed by atoms with van der Waals surface area (Å²) in [5, 5.41) is 8.88. The molecule has 0 aliphatic carbocycles. The van der Waals surface area contributed by atoms with E-state index in [-0.39, 0.29) is 17.9 Å². The van der Waals surface area contributed by atoms with Gasteiger partial charge in [-0.05, 0) is 18.6 Å². The second kappa shape index (κ2) is 7.46. The van der Waals surface area contributed by atoms with Crippen molar-refractivity contribution in [2.45, 2.75) is 26.4 Å². The van der Waals surface area contributed by atoms with Crippen LogP contribution in [0.15, 0.2) is 24.3 Å². The Morgan fingerprint density at radius 1 is 0.870 bits per heavy atom. The van der Waals surface area contributed by atoms with E-state index in [0.717, 1.165) is 24.6 Å². The fourth-order valence-corrected chi connectivity index (χ4v) is 2.10. The van der Waals surface area contributed by atoms with Crippen molar-refractivity contribution in [3.63, 3.8) is 0 Å². The molecule has 0 spiro atoms. The lowest BCUT2D eigenvalue weighted by Gasteiger charge is -2.12. The van der Waals surface area contributed by atoms with Crippen LogP contribution in [-0.4, -0.2) is 11.7 Å². The molecule has 23 heavy (non-hydrogen) atoms. The van der Waals surface area contributed by atoms with Crippen molar-refractivity contribution in [2.24, 2.45) is 0 Å². The molecule has 1 N–H and O–H groups in total. The quantitative estimate of drug-likeness (QED) is 0.621. The molecule has 6 heteroatoms. The van der Waals surface area contributed by atoms with E-state index >= 15 is 0 Å². The van der Waals surface area contributed by atoms with Crippen LogP contribution in [0.4, 0.5) is 17.6 Å². The summed E-state index contributed by atoms with van der Waals surface area (Å²) in [5.74, 6) is -5.45. The molecule has 0 fully saturated rings. The molecule has 2 aromatic rings. The van der Waals surface area contributed by atoms with Crippen molar-refractivity contribution >= 4 is 0 Å². The van der Waals surface area contributed by atoms with Crippen LogP contribution >= 0.6 is 0 Å². The highest BCUT2D eigenvalue weighted by atomic mass is 19.2. The largest absolute Gasteiger partial charge is 0.490 e. The summed E-state index contributed by atoms with van der Waals surface area (Å²) < 4.78 is 61.0. The third-order valence-corrected chi connectivity index (χ3v) is 3.43. The van der Waals surface area contributed by atoms with E-state index in [1.807, 2.05) is 6.92 Å². The SMILES string of the molecule is CCCCOc1ccc(-c2ccc(CO)c(F)c2F)c(F)c1F. The first kappa shape index (κ1) is 17.3. The molecule has 0 amide bonds. The minimum absolute atomic E-state index is 0.237. The Morgan fingerprint density at radius 3 is 2.09 bits per heavy atom. The highest BCUT2D eigenvalue weighted by Crippen LogP contribution is 2.33. The fraction of sp³-hybridized carbons (Fsp3) is 0.294. The first-order chi connectivity index (χ1) is 11.0. The molecular weight excluding hydrogens is 312 g/mol. The number of aliphatic hydroxyl groups is 1. The second-order valence-electron chi connectivity index (χ2n) is 5.00. The molecule has 2 rings (SSSR count). The minimum atomic E-state index is -1.34. The molecular formula is C17H16F4O2. The average Bonchev–Trinajstić information content (AvgIpc) is 2.55. The second-order valence-corrected chi connectivity index (χ2v) is 5.00. The number of halogens is 4. The van der Waals surface area contributed by atoms with E-state index in [0.29, 0.717) is 6.42 Å². The van der Waals surface area contributed by atoms with Gasteiger partial charge in [-0.25, -0.2) is 13.2 Å². The van der Waals surface area contributed by atoms with Gasteiger partial charge in [0.25, 0.3) is 0 Å². The van der Waals surface area contributed by atoms with E-state index in [9.17, 15) is 17.6 Å². The fourth-order valence-electron chi connectivity index (χ4n) is 2.10.